The van der Waals surface area contributed by atoms with Crippen LogP contribution in [0, 0.1) is 20.8 Å². The molecule has 0 saturated carbocycles. The zero-order chi connectivity index (χ0) is 30.6. The molecule has 0 aliphatic rings. The lowest BCUT2D eigenvalue weighted by Crippen LogP contribution is -2.10. The van der Waals surface area contributed by atoms with Gasteiger partial charge in [-0.2, -0.15) is 0 Å². The van der Waals surface area contributed by atoms with Crippen molar-refractivity contribution >= 4 is 22.1 Å². The van der Waals surface area contributed by atoms with Crippen LogP contribution in [-0.2, 0) is 11.8 Å². The molecule has 0 radical (unpaired) electrons. The molecule has 0 atom stereocenters. The van der Waals surface area contributed by atoms with Gasteiger partial charge in [-0.05, 0) is 101 Å². The van der Waals surface area contributed by atoms with Gasteiger partial charge in [0.15, 0.2) is 0 Å². The van der Waals surface area contributed by atoms with Gasteiger partial charge in [0.25, 0.3) is 0 Å². The predicted molar refractivity (Wildman–Crippen MR) is 184 cm³/mol. The fraction of sp³-hybridized carbons (Fsp3) is 0.200. The molecular weight excluding hydrogens is 536 g/mol. The Morgan fingerprint density at radius 1 is 0.523 bits per heavy atom. The second kappa shape index (κ2) is 10.6. The molecule has 0 saturated heterocycles. The van der Waals surface area contributed by atoms with E-state index in [1.54, 1.807) is 0 Å². The van der Waals surface area contributed by atoms with E-state index in [4.69, 9.17) is 9.97 Å². The number of aromatic amines is 2. The van der Waals surface area contributed by atoms with Gasteiger partial charge >= 0.3 is 0 Å². The van der Waals surface area contributed by atoms with Crippen LogP contribution in [0.5, 0.6) is 0 Å². The maximum Gasteiger partial charge on any atom is 0.138 e. The van der Waals surface area contributed by atoms with E-state index in [2.05, 4.69) is 149 Å². The summed E-state index contributed by atoms with van der Waals surface area (Å²) in [6.45, 7) is 13.2. The minimum atomic E-state index is 0.135. The number of nitrogens with one attached hydrogen (secondary N) is 2. The third-order valence-corrected chi connectivity index (χ3v) is 8.90. The van der Waals surface area contributed by atoms with Gasteiger partial charge in [-0.15, -0.1) is 0 Å². The Bertz CT molecular complexity index is 2080. The maximum atomic E-state index is 4.96. The van der Waals surface area contributed by atoms with E-state index in [1.165, 1.54) is 44.5 Å². The topological polar surface area (TPSA) is 57.4 Å². The normalized spacial score (nSPS) is 12.0. The molecule has 4 heteroatoms. The minimum Gasteiger partial charge on any atom is -0.338 e. The molecule has 5 aromatic carbocycles. The van der Waals surface area contributed by atoms with Crippen LogP contribution in [0.3, 0.4) is 0 Å². The number of fused-ring (bicyclic) bond motifs is 2. The summed E-state index contributed by atoms with van der Waals surface area (Å²) in [7, 11) is 0. The monoisotopic (exact) mass is 574 g/mol. The Morgan fingerprint density at radius 2 is 0.977 bits per heavy atom. The quantitative estimate of drug-likeness (QED) is 0.215. The molecule has 7 aromatic rings. The lowest BCUT2D eigenvalue weighted by atomic mass is 9.87. The van der Waals surface area contributed by atoms with Crippen LogP contribution >= 0.6 is 0 Å². The van der Waals surface area contributed by atoms with Crippen molar-refractivity contribution in [2.45, 2.75) is 53.4 Å². The van der Waals surface area contributed by atoms with Crippen molar-refractivity contribution in [3.63, 3.8) is 0 Å². The Morgan fingerprint density at radius 3 is 1.55 bits per heavy atom. The van der Waals surface area contributed by atoms with E-state index in [1.807, 2.05) is 0 Å². The Hall–Kier alpha value is -4.96. The number of aromatic nitrogens is 4. The average molecular weight is 575 g/mol. The number of hydrogen-bond acceptors (Lipinski definition) is 2. The first-order chi connectivity index (χ1) is 21.1. The van der Waals surface area contributed by atoms with Crippen molar-refractivity contribution < 1.29 is 0 Å². The molecule has 0 amide bonds. The summed E-state index contributed by atoms with van der Waals surface area (Å²) in [6, 6.07) is 35.1. The van der Waals surface area contributed by atoms with Crippen molar-refractivity contribution in [3.05, 3.63) is 130 Å². The van der Waals surface area contributed by atoms with Gasteiger partial charge in [0.2, 0.25) is 0 Å². The van der Waals surface area contributed by atoms with Gasteiger partial charge in [-0.25, -0.2) is 9.97 Å². The van der Waals surface area contributed by atoms with Crippen LogP contribution in [-0.4, -0.2) is 19.9 Å². The van der Waals surface area contributed by atoms with Gasteiger partial charge in [0, 0.05) is 11.1 Å². The van der Waals surface area contributed by atoms with Crippen molar-refractivity contribution in [1.29, 1.82) is 0 Å². The third-order valence-electron chi connectivity index (χ3n) is 8.90. The number of hydrogen-bond donors (Lipinski definition) is 2. The van der Waals surface area contributed by atoms with Gasteiger partial charge in [-0.1, -0.05) is 93.6 Å². The smallest absolute Gasteiger partial charge is 0.138 e. The van der Waals surface area contributed by atoms with E-state index in [0.29, 0.717) is 0 Å². The maximum absolute atomic E-state index is 4.96. The minimum absolute atomic E-state index is 0.135. The van der Waals surface area contributed by atoms with Gasteiger partial charge in [0.05, 0.1) is 22.1 Å². The highest BCUT2D eigenvalue weighted by Gasteiger charge is 2.15. The zero-order valence-electron chi connectivity index (χ0n) is 26.3. The molecule has 2 heterocycles. The van der Waals surface area contributed by atoms with Crippen molar-refractivity contribution in [1.82, 2.24) is 19.9 Å². The standard InChI is InChI=1S/C40H38N4/c1-24-19-34-35(20-25(24)2)42-38(41-34)30-13-11-29(12-14-30)28-9-7-27(8-10-28)22-32-23-37-36(21-26(32)3)43-39(44-37)31-15-17-33(18-16-31)40(4,5)6/h7-21,23H,22H2,1-6H3,(H,41,42)(H,43,44). The number of benzene rings is 5. The molecule has 0 aliphatic carbocycles. The lowest BCUT2D eigenvalue weighted by Gasteiger charge is -2.18. The molecular formula is C40H38N4. The number of rotatable bonds is 5. The van der Waals surface area contributed by atoms with E-state index in [-0.39, 0.29) is 5.41 Å². The van der Waals surface area contributed by atoms with Crippen LogP contribution in [0.15, 0.2) is 97.1 Å². The summed E-state index contributed by atoms with van der Waals surface area (Å²) in [5.41, 5.74) is 16.6. The summed E-state index contributed by atoms with van der Waals surface area (Å²) >= 11 is 0. The Kier molecular flexibility index (Phi) is 6.73. The second-order valence-corrected chi connectivity index (χ2v) is 13.2. The predicted octanol–water partition coefficient (Wildman–Crippen LogP) is 10.3. The molecule has 2 N–H and O–H groups in total. The molecule has 7 rings (SSSR count). The highest BCUT2D eigenvalue weighted by molar-refractivity contribution is 5.82. The highest BCUT2D eigenvalue weighted by atomic mass is 14.9. The Labute approximate surface area is 259 Å². The van der Waals surface area contributed by atoms with E-state index in [9.17, 15) is 0 Å². The summed E-state index contributed by atoms with van der Waals surface area (Å²) in [5, 5.41) is 0. The molecule has 218 valence electrons. The third kappa shape index (κ3) is 5.33. The van der Waals surface area contributed by atoms with Crippen LogP contribution in [0.4, 0.5) is 0 Å². The first-order valence-electron chi connectivity index (χ1n) is 15.4. The average Bonchev–Trinajstić information content (AvgIpc) is 3.61. The summed E-state index contributed by atoms with van der Waals surface area (Å²) in [4.78, 5) is 16.8. The van der Waals surface area contributed by atoms with Crippen molar-refractivity contribution in [2.75, 3.05) is 0 Å². The van der Waals surface area contributed by atoms with Crippen LogP contribution < -0.4 is 0 Å². The molecule has 0 spiro atoms. The molecule has 0 fully saturated rings. The largest absolute Gasteiger partial charge is 0.338 e. The van der Waals surface area contributed by atoms with Crippen LogP contribution in [0.25, 0.3) is 56.0 Å². The molecule has 0 unspecified atom stereocenters. The number of H-pyrrole nitrogens is 2. The SMILES string of the molecule is Cc1cc2nc(-c3ccc(-c4ccc(Cc5cc6nc(-c7ccc(C(C)(C)C)cc7)[nH]c6cc5C)cc4)cc3)[nH]c2cc1C. The highest BCUT2D eigenvalue weighted by Crippen LogP contribution is 2.29. The fourth-order valence-corrected chi connectivity index (χ4v) is 5.93. The molecule has 44 heavy (non-hydrogen) atoms. The zero-order valence-corrected chi connectivity index (χ0v) is 26.3. The second-order valence-electron chi connectivity index (χ2n) is 13.2. The van der Waals surface area contributed by atoms with Gasteiger partial charge in [0.1, 0.15) is 11.6 Å². The fourth-order valence-electron chi connectivity index (χ4n) is 5.93. The molecule has 0 bridgehead atoms. The van der Waals surface area contributed by atoms with Crippen molar-refractivity contribution in [3.8, 4) is 33.9 Å². The lowest BCUT2D eigenvalue weighted by molar-refractivity contribution is 0.590. The van der Waals surface area contributed by atoms with Crippen LogP contribution in [0.1, 0.15) is 54.2 Å². The van der Waals surface area contributed by atoms with E-state index >= 15 is 0 Å². The van der Waals surface area contributed by atoms with Gasteiger partial charge in [-0.3, -0.25) is 0 Å². The number of nitrogens with zero attached hydrogens (tertiary/aromatic N) is 2. The number of aryl methyl sites for hydroxylation is 3. The number of imidazole rings is 2. The summed E-state index contributed by atoms with van der Waals surface area (Å²) in [5.74, 6) is 1.82. The van der Waals surface area contributed by atoms with Crippen LogP contribution in [0.2, 0.25) is 0 Å². The molecule has 4 nitrogen and oxygen atoms in total. The molecule has 2 aromatic heterocycles. The Balaban J connectivity index is 1.08. The van der Waals surface area contributed by atoms with E-state index < -0.39 is 0 Å². The summed E-state index contributed by atoms with van der Waals surface area (Å²) in [6.07, 6.45) is 0.870. The van der Waals surface area contributed by atoms with E-state index in [0.717, 1.165) is 51.3 Å². The first kappa shape index (κ1) is 27.8. The summed E-state index contributed by atoms with van der Waals surface area (Å²) < 4.78 is 0. The first-order valence-corrected chi connectivity index (χ1v) is 15.4. The van der Waals surface area contributed by atoms with Gasteiger partial charge < -0.3 is 9.97 Å². The molecule has 0 aliphatic heterocycles. The van der Waals surface area contributed by atoms with Crippen molar-refractivity contribution in [2.24, 2.45) is 0 Å².